The van der Waals surface area contributed by atoms with Gasteiger partial charge in [0.15, 0.2) is 6.10 Å². The SMILES string of the molecule is COC(=O)C(C)Oc1ccc(C=C(C)c2cnccn2)cc1. The van der Waals surface area contributed by atoms with Gasteiger partial charge in [0.2, 0.25) is 0 Å². The summed E-state index contributed by atoms with van der Waals surface area (Å²) in [7, 11) is 1.34. The fourth-order valence-corrected chi connectivity index (χ4v) is 1.89. The minimum absolute atomic E-state index is 0.400. The van der Waals surface area contributed by atoms with Gasteiger partial charge in [-0.3, -0.25) is 9.97 Å². The number of ether oxygens (including phenoxy) is 2. The van der Waals surface area contributed by atoms with E-state index in [4.69, 9.17) is 4.74 Å². The van der Waals surface area contributed by atoms with Gasteiger partial charge in [0.05, 0.1) is 19.0 Å². The summed E-state index contributed by atoms with van der Waals surface area (Å²) >= 11 is 0. The van der Waals surface area contributed by atoms with E-state index in [1.54, 1.807) is 25.5 Å². The number of hydrogen-bond acceptors (Lipinski definition) is 5. The van der Waals surface area contributed by atoms with Gasteiger partial charge in [0.25, 0.3) is 0 Å². The summed E-state index contributed by atoms with van der Waals surface area (Å²) < 4.78 is 10.1. The molecule has 2 rings (SSSR count). The van der Waals surface area contributed by atoms with Gasteiger partial charge < -0.3 is 9.47 Å². The zero-order valence-corrected chi connectivity index (χ0v) is 12.8. The van der Waals surface area contributed by atoms with E-state index in [-0.39, 0.29) is 0 Å². The average molecular weight is 298 g/mol. The molecule has 1 aromatic heterocycles. The van der Waals surface area contributed by atoms with Crippen molar-refractivity contribution < 1.29 is 14.3 Å². The van der Waals surface area contributed by atoms with Gasteiger partial charge in [-0.1, -0.05) is 12.1 Å². The van der Waals surface area contributed by atoms with Crippen LogP contribution in [0.5, 0.6) is 5.75 Å². The first-order valence-corrected chi connectivity index (χ1v) is 6.89. The molecule has 1 heterocycles. The van der Waals surface area contributed by atoms with E-state index in [1.807, 2.05) is 37.3 Å². The van der Waals surface area contributed by atoms with Crippen molar-refractivity contribution in [1.29, 1.82) is 0 Å². The van der Waals surface area contributed by atoms with Crippen LogP contribution in [-0.4, -0.2) is 29.2 Å². The Labute approximate surface area is 129 Å². The van der Waals surface area contributed by atoms with Crippen LogP contribution < -0.4 is 4.74 Å². The topological polar surface area (TPSA) is 61.3 Å². The van der Waals surface area contributed by atoms with E-state index in [9.17, 15) is 4.79 Å². The number of rotatable bonds is 5. The zero-order valence-electron chi connectivity index (χ0n) is 12.8. The Hall–Kier alpha value is -2.69. The lowest BCUT2D eigenvalue weighted by Crippen LogP contribution is -2.24. The second kappa shape index (κ2) is 7.36. The number of hydrogen-bond donors (Lipinski definition) is 0. The maximum absolute atomic E-state index is 11.3. The normalized spacial score (nSPS) is 12.6. The lowest BCUT2D eigenvalue weighted by Gasteiger charge is -2.12. The molecule has 0 spiro atoms. The summed E-state index contributed by atoms with van der Waals surface area (Å²) in [4.78, 5) is 19.6. The van der Waals surface area contributed by atoms with Crippen LogP contribution in [-0.2, 0) is 9.53 Å². The van der Waals surface area contributed by atoms with Gasteiger partial charge in [-0.25, -0.2) is 4.79 Å². The Kier molecular flexibility index (Phi) is 5.25. The molecule has 0 saturated carbocycles. The van der Waals surface area contributed by atoms with Crippen LogP contribution >= 0.6 is 0 Å². The van der Waals surface area contributed by atoms with Crippen LogP contribution in [0.2, 0.25) is 0 Å². The summed E-state index contributed by atoms with van der Waals surface area (Å²) in [6, 6.07) is 7.46. The van der Waals surface area contributed by atoms with E-state index in [0.717, 1.165) is 16.8 Å². The van der Waals surface area contributed by atoms with Crippen molar-refractivity contribution in [1.82, 2.24) is 9.97 Å². The predicted octanol–water partition coefficient (Wildman–Crippen LogP) is 2.98. The number of esters is 1. The van der Waals surface area contributed by atoms with E-state index < -0.39 is 12.1 Å². The van der Waals surface area contributed by atoms with E-state index in [0.29, 0.717) is 5.75 Å². The molecule has 0 saturated heterocycles. The van der Waals surface area contributed by atoms with E-state index in [2.05, 4.69) is 14.7 Å². The molecule has 0 fully saturated rings. The van der Waals surface area contributed by atoms with E-state index >= 15 is 0 Å². The Balaban J connectivity index is 2.07. The van der Waals surface area contributed by atoms with Gasteiger partial charge in [0, 0.05) is 12.4 Å². The molecule has 1 atom stereocenters. The first-order chi connectivity index (χ1) is 10.6. The molecule has 1 unspecified atom stereocenters. The molecular weight excluding hydrogens is 280 g/mol. The second-order valence-electron chi connectivity index (χ2n) is 4.77. The molecule has 1 aromatic carbocycles. The van der Waals surface area contributed by atoms with Crippen molar-refractivity contribution in [2.45, 2.75) is 20.0 Å². The molecule has 5 heteroatoms. The summed E-state index contributed by atoms with van der Waals surface area (Å²) in [5.74, 6) is 0.217. The Morgan fingerprint density at radius 1 is 1.23 bits per heavy atom. The van der Waals surface area contributed by atoms with Gasteiger partial charge in [0.1, 0.15) is 5.75 Å². The molecule has 0 amide bonds. The van der Waals surface area contributed by atoms with Crippen molar-refractivity contribution in [2.24, 2.45) is 0 Å². The maximum atomic E-state index is 11.3. The Bertz CT molecular complexity index is 651. The molecule has 5 nitrogen and oxygen atoms in total. The van der Waals surface area contributed by atoms with Crippen molar-refractivity contribution in [3.8, 4) is 5.75 Å². The van der Waals surface area contributed by atoms with Crippen molar-refractivity contribution >= 4 is 17.6 Å². The third kappa shape index (κ3) is 4.15. The highest BCUT2D eigenvalue weighted by molar-refractivity contribution is 5.78. The highest BCUT2D eigenvalue weighted by Crippen LogP contribution is 2.18. The van der Waals surface area contributed by atoms with Crippen LogP contribution in [0.25, 0.3) is 11.6 Å². The van der Waals surface area contributed by atoms with Gasteiger partial charge in [-0.05, 0) is 43.2 Å². The lowest BCUT2D eigenvalue weighted by atomic mass is 10.1. The second-order valence-corrected chi connectivity index (χ2v) is 4.77. The molecule has 0 aliphatic carbocycles. The van der Waals surface area contributed by atoms with Gasteiger partial charge in [-0.15, -0.1) is 0 Å². The molecular formula is C17H18N2O3. The van der Waals surface area contributed by atoms with Crippen molar-refractivity contribution in [2.75, 3.05) is 7.11 Å². The van der Waals surface area contributed by atoms with Crippen LogP contribution in [0.3, 0.4) is 0 Å². The fourth-order valence-electron chi connectivity index (χ4n) is 1.89. The Morgan fingerprint density at radius 2 is 1.95 bits per heavy atom. The third-order valence-electron chi connectivity index (χ3n) is 3.08. The molecule has 0 bridgehead atoms. The molecule has 0 aliphatic rings. The average Bonchev–Trinajstić information content (AvgIpc) is 2.56. The Morgan fingerprint density at radius 3 is 2.55 bits per heavy atom. The smallest absolute Gasteiger partial charge is 0.346 e. The molecule has 114 valence electrons. The predicted molar refractivity (Wildman–Crippen MR) is 84.1 cm³/mol. The number of methoxy groups -OCH3 is 1. The molecule has 0 radical (unpaired) electrons. The number of allylic oxidation sites excluding steroid dienone is 1. The van der Waals surface area contributed by atoms with Crippen LogP contribution in [0.1, 0.15) is 25.1 Å². The minimum Gasteiger partial charge on any atom is -0.479 e. The standard InChI is InChI=1S/C17H18N2O3/c1-12(16-11-18-8-9-19-16)10-14-4-6-15(7-5-14)22-13(2)17(20)21-3/h4-11,13H,1-3H3. The summed E-state index contributed by atoms with van der Waals surface area (Å²) in [5.41, 5.74) is 2.87. The van der Waals surface area contributed by atoms with Crippen LogP contribution in [0.15, 0.2) is 42.9 Å². The van der Waals surface area contributed by atoms with Crippen molar-refractivity contribution in [3.63, 3.8) is 0 Å². The molecule has 22 heavy (non-hydrogen) atoms. The monoisotopic (exact) mass is 298 g/mol. The number of carbonyl (C=O) groups is 1. The fraction of sp³-hybridized carbons (Fsp3) is 0.235. The summed E-state index contributed by atoms with van der Waals surface area (Å²) in [5, 5.41) is 0. The number of nitrogens with zero attached hydrogens (tertiary/aromatic N) is 2. The highest BCUT2D eigenvalue weighted by Gasteiger charge is 2.14. The van der Waals surface area contributed by atoms with Crippen LogP contribution in [0, 0.1) is 0 Å². The lowest BCUT2D eigenvalue weighted by molar-refractivity contribution is -0.147. The minimum atomic E-state index is -0.632. The van der Waals surface area contributed by atoms with E-state index in [1.165, 1.54) is 7.11 Å². The zero-order chi connectivity index (χ0) is 15.9. The molecule has 2 aromatic rings. The number of benzene rings is 1. The number of carbonyl (C=O) groups excluding carboxylic acids is 1. The third-order valence-corrected chi connectivity index (χ3v) is 3.08. The largest absolute Gasteiger partial charge is 0.479 e. The summed E-state index contributed by atoms with van der Waals surface area (Å²) in [6.07, 6.45) is 6.41. The van der Waals surface area contributed by atoms with Crippen molar-refractivity contribution in [3.05, 3.63) is 54.1 Å². The van der Waals surface area contributed by atoms with Gasteiger partial charge in [-0.2, -0.15) is 0 Å². The first kappa shape index (κ1) is 15.7. The first-order valence-electron chi connectivity index (χ1n) is 6.89. The quantitative estimate of drug-likeness (QED) is 0.794. The molecule has 0 N–H and O–H groups in total. The number of aromatic nitrogens is 2. The van der Waals surface area contributed by atoms with Crippen LogP contribution in [0.4, 0.5) is 0 Å². The summed E-state index contributed by atoms with van der Waals surface area (Å²) in [6.45, 7) is 3.63. The maximum Gasteiger partial charge on any atom is 0.346 e. The highest BCUT2D eigenvalue weighted by atomic mass is 16.6. The van der Waals surface area contributed by atoms with Gasteiger partial charge >= 0.3 is 5.97 Å². The molecule has 0 aliphatic heterocycles.